The van der Waals surface area contributed by atoms with E-state index in [1.807, 2.05) is 6.07 Å². The number of nitrogens with zero attached hydrogens (tertiary/aromatic N) is 1. The van der Waals surface area contributed by atoms with E-state index in [0.29, 0.717) is 22.3 Å². The van der Waals surface area contributed by atoms with Crippen LogP contribution in [0.2, 0.25) is 0 Å². The van der Waals surface area contributed by atoms with Gasteiger partial charge in [-0.3, -0.25) is 0 Å². The van der Waals surface area contributed by atoms with Crippen molar-refractivity contribution in [3.63, 3.8) is 0 Å². The van der Waals surface area contributed by atoms with Crippen LogP contribution in [0.1, 0.15) is 28.4 Å². The molecule has 0 heterocycles. The van der Waals surface area contributed by atoms with E-state index in [-0.39, 0.29) is 0 Å². The zero-order valence-electron chi connectivity index (χ0n) is 8.48. The van der Waals surface area contributed by atoms with Gasteiger partial charge in [0, 0.05) is 0 Å². The molecule has 0 saturated heterocycles. The monoisotopic (exact) mass is 205 g/mol. The predicted octanol–water partition coefficient (Wildman–Crippen LogP) is 1.29. The molecule has 0 aliphatic carbocycles. The zero-order chi connectivity index (χ0) is 11.6. The third-order valence-electron chi connectivity index (χ3n) is 2.22. The summed E-state index contributed by atoms with van der Waals surface area (Å²) in [5.41, 5.74) is 2.17. The molecule has 0 bridgehead atoms. The van der Waals surface area contributed by atoms with E-state index in [0.717, 1.165) is 0 Å². The minimum atomic E-state index is -1.53. The number of carboxylic acid groups (broad SMARTS) is 1. The molecule has 0 spiro atoms. The lowest BCUT2D eigenvalue weighted by atomic mass is 9.98. The molecule has 0 fully saturated rings. The first-order chi connectivity index (χ1) is 6.97. The van der Waals surface area contributed by atoms with Crippen LogP contribution in [0.3, 0.4) is 0 Å². The van der Waals surface area contributed by atoms with Gasteiger partial charge in [0.25, 0.3) is 0 Å². The van der Waals surface area contributed by atoms with E-state index >= 15 is 0 Å². The van der Waals surface area contributed by atoms with Gasteiger partial charge in [0.15, 0.2) is 6.10 Å². The van der Waals surface area contributed by atoms with Gasteiger partial charge in [-0.1, -0.05) is 12.1 Å². The highest BCUT2D eigenvalue weighted by Crippen LogP contribution is 2.20. The molecule has 1 atom stereocenters. The van der Waals surface area contributed by atoms with Crippen LogP contribution < -0.4 is 0 Å². The SMILES string of the molecule is Cc1cc(C(O)C(=O)O)cc(C)c1C#N. The number of hydrogen-bond acceptors (Lipinski definition) is 3. The van der Waals surface area contributed by atoms with Crippen molar-refractivity contribution in [3.05, 3.63) is 34.4 Å². The summed E-state index contributed by atoms with van der Waals surface area (Å²) < 4.78 is 0. The summed E-state index contributed by atoms with van der Waals surface area (Å²) in [5.74, 6) is -1.29. The zero-order valence-corrected chi connectivity index (χ0v) is 8.48. The summed E-state index contributed by atoms with van der Waals surface area (Å²) in [4.78, 5) is 10.6. The molecule has 15 heavy (non-hydrogen) atoms. The van der Waals surface area contributed by atoms with Crippen LogP contribution in [0, 0.1) is 25.2 Å². The van der Waals surface area contributed by atoms with E-state index in [2.05, 4.69) is 0 Å². The molecule has 0 aromatic heterocycles. The Bertz CT molecular complexity index is 423. The minimum Gasteiger partial charge on any atom is -0.479 e. The molecule has 1 unspecified atom stereocenters. The van der Waals surface area contributed by atoms with E-state index < -0.39 is 12.1 Å². The summed E-state index contributed by atoms with van der Waals surface area (Å²) in [7, 11) is 0. The first kappa shape index (κ1) is 11.2. The number of aryl methyl sites for hydroxylation is 2. The fraction of sp³-hybridized carbons (Fsp3) is 0.273. The predicted molar refractivity (Wildman–Crippen MR) is 53.2 cm³/mol. The van der Waals surface area contributed by atoms with Gasteiger partial charge >= 0.3 is 5.97 Å². The highest BCUT2D eigenvalue weighted by Gasteiger charge is 2.17. The molecule has 1 rings (SSSR count). The molecule has 0 aliphatic rings. The highest BCUT2D eigenvalue weighted by molar-refractivity contribution is 5.74. The average molecular weight is 205 g/mol. The van der Waals surface area contributed by atoms with Gasteiger partial charge in [0.1, 0.15) is 0 Å². The largest absolute Gasteiger partial charge is 0.479 e. The summed E-state index contributed by atoms with van der Waals surface area (Å²) >= 11 is 0. The molecule has 4 heteroatoms. The first-order valence-corrected chi connectivity index (χ1v) is 4.39. The molecule has 0 amide bonds. The summed E-state index contributed by atoms with van der Waals surface area (Å²) in [6.45, 7) is 3.42. The van der Waals surface area contributed by atoms with Gasteiger partial charge in [0.2, 0.25) is 0 Å². The fourth-order valence-corrected chi connectivity index (χ4v) is 1.47. The van der Waals surface area contributed by atoms with Gasteiger partial charge < -0.3 is 10.2 Å². The van der Waals surface area contributed by atoms with Crippen molar-refractivity contribution in [3.8, 4) is 6.07 Å². The number of benzene rings is 1. The lowest BCUT2D eigenvalue weighted by molar-refractivity contribution is -0.146. The molecule has 78 valence electrons. The van der Waals surface area contributed by atoms with Gasteiger partial charge in [-0.15, -0.1) is 0 Å². The number of carboxylic acids is 1. The maximum Gasteiger partial charge on any atom is 0.337 e. The van der Waals surface area contributed by atoms with Gasteiger partial charge in [-0.05, 0) is 30.5 Å². The van der Waals surface area contributed by atoms with Crippen molar-refractivity contribution < 1.29 is 15.0 Å². The Morgan fingerprint density at radius 3 is 2.20 bits per heavy atom. The van der Waals surface area contributed by atoms with Crippen LogP contribution in [-0.4, -0.2) is 16.2 Å². The molecular weight excluding hydrogens is 194 g/mol. The average Bonchev–Trinajstić information content (AvgIpc) is 2.15. The number of aliphatic hydroxyl groups is 1. The second-order valence-electron chi connectivity index (χ2n) is 3.38. The van der Waals surface area contributed by atoms with Gasteiger partial charge in [-0.2, -0.15) is 5.26 Å². The van der Waals surface area contributed by atoms with Crippen molar-refractivity contribution >= 4 is 5.97 Å². The molecule has 0 aliphatic heterocycles. The van der Waals surface area contributed by atoms with Crippen molar-refractivity contribution in [1.29, 1.82) is 5.26 Å². The van der Waals surface area contributed by atoms with E-state index in [9.17, 15) is 9.90 Å². The van der Waals surface area contributed by atoms with Crippen LogP contribution in [-0.2, 0) is 4.79 Å². The number of nitriles is 1. The van der Waals surface area contributed by atoms with Crippen LogP contribution in [0.25, 0.3) is 0 Å². The number of aliphatic hydroxyl groups excluding tert-OH is 1. The quantitative estimate of drug-likeness (QED) is 0.762. The normalized spacial score (nSPS) is 11.9. The third kappa shape index (κ3) is 2.14. The maximum atomic E-state index is 10.6. The van der Waals surface area contributed by atoms with E-state index in [1.165, 1.54) is 12.1 Å². The van der Waals surface area contributed by atoms with Crippen molar-refractivity contribution in [2.75, 3.05) is 0 Å². The van der Waals surface area contributed by atoms with Crippen LogP contribution in [0.5, 0.6) is 0 Å². The third-order valence-corrected chi connectivity index (χ3v) is 2.22. The smallest absolute Gasteiger partial charge is 0.337 e. The molecule has 0 saturated carbocycles. The Morgan fingerprint density at radius 1 is 1.40 bits per heavy atom. The first-order valence-electron chi connectivity index (χ1n) is 4.39. The molecule has 0 radical (unpaired) electrons. The Kier molecular flexibility index (Phi) is 3.08. The number of aliphatic carboxylic acids is 1. The van der Waals surface area contributed by atoms with Gasteiger partial charge in [0.05, 0.1) is 11.6 Å². The Hall–Kier alpha value is -1.86. The molecule has 2 N–H and O–H groups in total. The van der Waals surface area contributed by atoms with Crippen LogP contribution in [0.4, 0.5) is 0 Å². The maximum absolute atomic E-state index is 10.6. The lowest BCUT2D eigenvalue weighted by Gasteiger charge is -2.09. The van der Waals surface area contributed by atoms with Crippen LogP contribution >= 0.6 is 0 Å². The molecular formula is C11H11NO3. The number of carbonyl (C=O) groups is 1. The topological polar surface area (TPSA) is 81.3 Å². The standard InChI is InChI=1S/C11H11NO3/c1-6-3-8(10(13)11(14)15)4-7(2)9(6)5-12/h3-4,10,13H,1-2H3,(H,14,15). The van der Waals surface area contributed by atoms with Crippen molar-refractivity contribution in [2.24, 2.45) is 0 Å². The minimum absolute atomic E-state index is 0.302. The Labute approximate surface area is 87.4 Å². The number of hydrogen-bond donors (Lipinski definition) is 2. The highest BCUT2D eigenvalue weighted by atomic mass is 16.4. The van der Waals surface area contributed by atoms with Crippen molar-refractivity contribution in [1.82, 2.24) is 0 Å². The van der Waals surface area contributed by atoms with E-state index in [4.69, 9.17) is 10.4 Å². The summed E-state index contributed by atoms with van der Waals surface area (Å²) in [5, 5.41) is 26.8. The second-order valence-corrected chi connectivity index (χ2v) is 3.38. The molecule has 1 aromatic rings. The van der Waals surface area contributed by atoms with Crippen molar-refractivity contribution in [2.45, 2.75) is 20.0 Å². The fourth-order valence-electron chi connectivity index (χ4n) is 1.47. The van der Waals surface area contributed by atoms with Crippen LogP contribution in [0.15, 0.2) is 12.1 Å². The van der Waals surface area contributed by atoms with E-state index in [1.54, 1.807) is 13.8 Å². The lowest BCUT2D eigenvalue weighted by Crippen LogP contribution is -2.11. The number of rotatable bonds is 2. The summed E-state index contributed by atoms with van der Waals surface area (Å²) in [6, 6.07) is 5.07. The molecule has 1 aromatic carbocycles. The Morgan fingerprint density at radius 2 is 1.87 bits per heavy atom. The van der Waals surface area contributed by atoms with Gasteiger partial charge in [-0.25, -0.2) is 4.79 Å². The Balaban J connectivity index is 3.27. The summed E-state index contributed by atoms with van der Waals surface area (Å²) in [6.07, 6.45) is -1.53. The second kappa shape index (κ2) is 4.11. The molecule has 4 nitrogen and oxygen atoms in total.